The second kappa shape index (κ2) is 13.9. The summed E-state index contributed by atoms with van der Waals surface area (Å²) in [5.41, 5.74) is 2.23. The summed E-state index contributed by atoms with van der Waals surface area (Å²) in [6.07, 6.45) is 6.04. The van der Waals surface area contributed by atoms with Gasteiger partial charge in [-0.2, -0.15) is 11.3 Å². The molecule has 0 bridgehead atoms. The molecule has 1 atom stereocenters. The van der Waals surface area contributed by atoms with E-state index in [1.165, 1.54) is 37.2 Å². The Morgan fingerprint density at radius 3 is 2.36 bits per heavy atom. The zero-order valence-corrected chi connectivity index (χ0v) is 22.5. The third-order valence-electron chi connectivity index (χ3n) is 7.59. The fourth-order valence-electron chi connectivity index (χ4n) is 5.49. The number of likely N-dealkylation sites (tertiary alicyclic amines) is 2. The van der Waals surface area contributed by atoms with E-state index in [9.17, 15) is 5.11 Å². The minimum Gasteiger partial charge on any atom is -0.497 e. The molecule has 0 saturated carbocycles. The van der Waals surface area contributed by atoms with E-state index in [1.807, 2.05) is 35.0 Å². The van der Waals surface area contributed by atoms with Gasteiger partial charge in [0.05, 0.1) is 12.7 Å². The number of aryl methyl sites for hydroxylation is 1. The van der Waals surface area contributed by atoms with E-state index in [0.29, 0.717) is 0 Å². The summed E-state index contributed by atoms with van der Waals surface area (Å²) >= 11 is 1.71. The molecule has 3 aromatic rings. The summed E-state index contributed by atoms with van der Waals surface area (Å²) in [6, 6.07) is 23.1. The minimum absolute atomic E-state index is 0.482. The molecule has 0 radical (unpaired) electrons. The largest absolute Gasteiger partial charge is 0.497 e. The summed E-state index contributed by atoms with van der Waals surface area (Å²) < 4.78 is 5.32. The van der Waals surface area contributed by atoms with Crippen LogP contribution < -0.4 is 4.74 Å². The standard InChI is InChI=1S/C27H38N2O2.C4H4S/c1-31-26-11-5-9-23(19-26)10-6-13-27(30)14-17-28(18-15-27)21-25-12-16-29(22-25)20-24-7-3-2-4-8-24;1-2-4-5-3-1/h2-5,7-9,11,19,25,30H,6,10,12-18,20-22H2,1H3;1-4H. The van der Waals surface area contributed by atoms with Crippen molar-refractivity contribution in [3.63, 3.8) is 0 Å². The molecule has 2 aromatic carbocycles. The van der Waals surface area contributed by atoms with Gasteiger partial charge in [-0.15, -0.1) is 0 Å². The van der Waals surface area contributed by atoms with Crippen molar-refractivity contribution in [2.75, 3.05) is 39.8 Å². The van der Waals surface area contributed by atoms with E-state index in [4.69, 9.17) is 4.74 Å². The molecule has 2 aliphatic heterocycles. The van der Waals surface area contributed by atoms with Crippen molar-refractivity contribution in [2.24, 2.45) is 5.92 Å². The van der Waals surface area contributed by atoms with Crippen LogP contribution in [0.25, 0.3) is 0 Å². The number of hydrogen-bond acceptors (Lipinski definition) is 5. The van der Waals surface area contributed by atoms with Gasteiger partial charge in [0.15, 0.2) is 0 Å². The van der Waals surface area contributed by atoms with Gasteiger partial charge in [-0.05, 0) is 85.0 Å². The Kier molecular flexibility index (Phi) is 10.4. The lowest BCUT2D eigenvalue weighted by atomic mass is 9.85. The first kappa shape index (κ1) is 26.9. The average Bonchev–Trinajstić information content (AvgIpc) is 3.62. The number of piperidine rings is 1. The molecular formula is C31H42N2O2S. The van der Waals surface area contributed by atoms with E-state index in [0.717, 1.165) is 63.4 Å². The van der Waals surface area contributed by atoms with Crippen molar-refractivity contribution in [1.82, 2.24) is 9.80 Å². The van der Waals surface area contributed by atoms with Gasteiger partial charge in [-0.25, -0.2) is 0 Å². The molecule has 1 aromatic heterocycles. The van der Waals surface area contributed by atoms with Crippen molar-refractivity contribution < 1.29 is 9.84 Å². The number of aliphatic hydroxyl groups is 1. The Labute approximate surface area is 221 Å². The number of hydrogen-bond donors (Lipinski definition) is 1. The monoisotopic (exact) mass is 506 g/mol. The van der Waals surface area contributed by atoms with Crippen LogP contribution in [0.4, 0.5) is 0 Å². The summed E-state index contributed by atoms with van der Waals surface area (Å²) in [6.45, 7) is 6.74. The zero-order chi connectivity index (χ0) is 25.1. The van der Waals surface area contributed by atoms with Gasteiger partial charge in [0, 0.05) is 32.7 Å². The number of benzene rings is 2. The highest BCUT2D eigenvalue weighted by Crippen LogP contribution is 2.29. The molecule has 1 N–H and O–H groups in total. The molecule has 0 aliphatic carbocycles. The van der Waals surface area contributed by atoms with Gasteiger partial charge < -0.3 is 14.7 Å². The number of methoxy groups -OCH3 is 1. The molecule has 5 rings (SSSR count). The Hall–Kier alpha value is -2.18. The predicted molar refractivity (Wildman–Crippen MR) is 151 cm³/mol. The molecule has 5 heteroatoms. The van der Waals surface area contributed by atoms with Crippen molar-refractivity contribution in [3.8, 4) is 5.75 Å². The highest BCUT2D eigenvalue weighted by atomic mass is 32.1. The van der Waals surface area contributed by atoms with Crippen LogP contribution in [0.2, 0.25) is 0 Å². The Balaban J connectivity index is 0.000000543. The number of nitrogens with zero attached hydrogens (tertiary/aromatic N) is 2. The first-order valence-electron chi connectivity index (χ1n) is 13.4. The topological polar surface area (TPSA) is 35.9 Å². The predicted octanol–water partition coefficient (Wildman–Crippen LogP) is 6.12. The summed E-state index contributed by atoms with van der Waals surface area (Å²) in [5.74, 6) is 1.68. The van der Waals surface area contributed by atoms with Crippen LogP contribution in [-0.4, -0.2) is 60.3 Å². The molecule has 3 heterocycles. The second-order valence-electron chi connectivity index (χ2n) is 10.4. The van der Waals surface area contributed by atoms with E-state index in [-0.39, 0.29) is 0 Å². The van der Waals surface area contributed by atoms with E-state index in [1.54, 1.807) is 18.4 Å². The molecular weight excluding hydrogens is 464 g/mol. The maximum absolute atomic E-state index is 11.1. The van der Waals surface area contributed by atoms with Crippen LogP contribution in [-0.2, 0) is 13.0 Å². The third-order valence-corrected chi connectivity index (χ3v) is 8.22. The first-order chi connectivity index (χ1) is 17.6. The summed E-state index contributed by atoms with van der Waals surface area (Å²) in [5, 5.41) is 15.2. The van der Waals surface area contributed by atoms with Crippen LogP contribution in [0.15, 0.2) is 77.5 Å². The third kappa shape index (κ3) is 8.74. The summed E-state index contributed by atoms with van der Waals surface area (Å²) in [7, 11) is 1.71. The van der Waals surface area contributed by atoms with Crippen LogP contribution in [0, 0.1) is 5.92 Å². The highest BCUT2D eigenvalue weighted by Gasteiger charge is 2.33. The number of rotatable bonds is 9. The maximum Gasteiger partial charge on any atom is 0.119 e. The van der Waals surface area contributed by atoms with Gasteiger partial charge in [-0.3, -0.25) is 4.90 Å². The number of ether oxygens (including phenoxy) is 1. The van der Waals surface area contributed by atoms with E-state index >= 15 is 0 Å². The van der Waals surface area contributed by atoms with Crippen LogP contribution >= 0.6 is 11.3 Å². The van der Waals surface area contributed by atoms with Gasteiger partial charge in [-0.1, -0.05) is 54.6 Å². The molecule has 2 saturated heterocycles. The average molecular weight is 507 g/mol. The van der Waals surface area contributed by atoms with Crippen LogP contribution in [0.1, 0.15) is 43.2 Å². The highest BCUT2D eigenvalue weighted by molar-refractivity contribution is 7.07. The Morgan fingerprint density at radius 1 is 0.917 bits per heavy atom. The molecule has 36 heavy (non-hydrogen) atoms. The van der Waals surface area contributed by atoms with Gasteiger partial charge in [0.1, 0.15) is 5.75 Å². The zero-order valence-electron chi connectivity index (χ0n) is 21.7. The minimum atomic E-state index is -0.482. The van der Waals surface area contributed by atoms with E-state index in [2.05, 4.69) is 52.3 Å². The molecule has 194 valence electrons. The fourth-order valence-corrected chi connectivity index (χ4v) is 5.94. The van der Waals surface area contributed by atoms with Crippen molar-refractivity contribution in [3.05, 3.63) is 88.6 Å². The molecule has 4 nitrogen and oxygen atoms in total. The molecule has 2 fully saturated rings. The van der Waals surface area contributed by atoms with Crippen LogP contribution in [0.3, 0.4) is 0 Å². The normalized spacial score (nSPS) is 20.0. The Bertz CT molecular complexity index is 970. The lowest BCUT2D eigenvalue weighted by molar-refractivity contribution is -0.0313. The first-order valence-corrected chi connectivity index (χ1v) is 14.4. The van der Waals surface area contributed by atoms with Crippen molar-refractivity contribution in [2.45, 2.75) is 50.7 Å². The number of thiophene rings is 1. The lowest BCUT2D eigenvalue weighted by Gasteiger charge is -2.39. The van der Waals surface area contributed by atoms with Gasteiger partial charge >= 0.3 is 0 Å². The fraction of sp³-hybridized carbons (Fsp3) is 0.484. The van der Waals surface area contributed by atoms with Gasteiger partial charge in [0.25, 0.3) is 0 Å². The summed E-state index contributed by atoms with van der Waals surface area (Å²) in [4.78, 5) is 5.19. The SMILES string of the molecule is COc1cccc(CCCC2(O)CCN(CC3CCN(Cc4ccccc4)C3)CC2)c1.c1ccsc1. The molecule has 1 unspecified atom stereocenters. The smallest absolute Gasteiger partial charge is 0.119 e. The van der Waals surface area contributed by atoms with Gasteiger partial charge in [0.2, 0.25) is 0 Å². The Morgan fingerprint density at radius 2 is 1.67 bits per heavy atom. The van der Waals surface area contributed by atoms with Crippen LogP contribution in [0.5, 0.6) is 5.75 Å². The quantitative estimate of drug-likeness (QED) is 0.380. The maximum atomic E-state index is 11.1. The molecule has 2 aliphatic rings. The molecule has 0 spiro atoms. The lowest BCUT2D eigenvalue weighted by Crippen LogP contribution is -2.46. The second-order valence-corrected chi connectivity index (χ2v) is 11.2. The molecule has 0 amide bonds. The van der Waals surface area contributed by atoms with Crippen molar-refractivity contribution in [1.29, 1.82) is 0 Å². The van der Waals surface area contributed by atoms with E-state index < -0.39 is 5.60 Å². The van der Waals surface area contributed by atoms with Crippen molar-refractivity contribution >= 4 is 11.3 Å².